The summed E-state index contributed by atoms with van der Waals surface area (Å²) in [6.45, 7) is 0. The lowest BCUT2D eigenvalue weighted by atomic mass is 10.1. The first kappa shape index (κ1) is 16.2. The first-order chi connectivity index (χ1) is 12.7. The van der Waals surface area contributed by atoms with Crippen molar-refractivity contribution in [1.82, 2.24) is 9.97 Å². The van der Waals surface area contributed by atoms with Crippen LogP contribution in [-0.2, 0) is 0 Å². The number of pyridine rings is 1. The normalized spacial score (nSPS) is 12.6. The third-order valence-corrected chi connectivity index (χ3v) is 4.94. The van der Waals surface area contributed by atoms with Crippen molar-refractivity contribution in [2.24, 2.45) is 0 Å². The Morgan fingerprint density at radius 1 is 1.00 bits per heavy atom. The molecule has 0 bridgehead atoms. The van der Waals surface area contributed by atoms with Gasteiger partial charge in [0.15, 0.2) is 5.78 Å². The lowest BCUT2D eigenvalue weighted by Crippen LogP contribution is -2.20. The van der Waals surface area contributed by atoms with Crippen LogP contribution in [0.1, 0.15) is 15.9 Å². The van der Waals surface area contributed by atoms with Crippen LogP contribution in [0.2, 0.25) is 0 Å². The zero-order valence-electron chi connectivity index (χ0n) is 13.7. The highest BCUT2D eigenvalue weighted by molar-refractivity contribution is 7.07. The van der Waals surface area contributed by atoms with Gasteiger partial charge in [-0.05, 0) is 40.6 Å². The van der Waals surface area contributed by atoms with Gasteiger partial charge in [-0.2, -0.15) is 0 Å². The maximum absolute atomic E-state index is 12.2. The van der Waals surface area contributed by atoms with E-state index >= 15 is 0 Å². The molecule has 0 aliphatic rings. The highest BCUT2D eigenvalue weighted by Crippen LogP contribution is 2.15. The smallest absolute Gasteiger partial charge is 0.266 e. The zero-order chi connectivity index (χ0) is 17.9. The molecular formula is C21H14N2O2S. The molecule has 2 aromatic heterocycles. The molecule has 126 valence electrons. The third-order valence-electron chi connectivity index (χ3n) is 3.98. The van der Waals surface area contributed by atoms with Gasteiger partial charge in [0.1, 0.15) is 0 Å². The van der Waals surface area contributed by atoms with E-state index in [-0.39, 0.29) is 11.3 Å². The van der Waals surface area contributed by atoms with E-state index in [4.69, 9.17) is 0 Å². The molecule has 5 heteroatoms. The molecule has 4 rings (SSSR count). The number of carbonyl (C=O) groups is 1. The van der Waals surface area contributed by atoms with Gasteiger partial charge in [0.25, 0.3) is 5.56 Å². The molecule has 0 aliphatic heterocycles. The molecule has 4 nitrogen and oxygen atoms in total. The molecule has 4 aromatic rings. The van der Waals surface area contributed by atoms with Crippen molar-refractivity contribution in [2.45, 2.75) is 0 Å². The average molecular weight is 358 g/mol. The lowest BCUT2D eigenvalue weighted by molar-refractivity contribution is 0.106. The molecule has 2 heterocycles. The summed E-state index contributed by atoms with van der Waals surface area (Å²) in [7, 11) is 0. The number of hydrogen-bond acceptors (Lipinski definition) is 4. The van der Waals surface area contributed by atoms with Gasteiger partial charge < -0.3 is 4.98 Å². The number of H-pyrrole nitrogens is 1. The Labute approximate surface area is 152 Å². The van der Waals surface area contributed by atoms with Crippen LogP contribution < -0.4 is 14.8 Å². The number of thiazole rings is 1. The molecule has 0 amide bonds. The van der Waals surface area contributed by atoms with Crippen molar-refractivity contribution >= 4 is 40.0 Å². The molecule has 0 atom stereocenters. The number of nitrogens with one attached hydrogen (secondary N) is 1. The first-order valence-corrected chi connectivity index (χ1v) is 8.86. The Hall–Kier alpha value is -3.31. The number of rotatable bonds is 3. The number of benzene rings is 2. The van der Waals surface area contributed by atoms with Gasteiger partial charge in [-0.15, -0.1) is 11.3 Å². The van der Waals surface area contributed by atoms with Crippen LogP contribution in [-0.4, -0.2) is 15.8 Å². The molecule has 26 heavy (non-hydrogen) atoms. The monoisotopic (exact) mass is 358 g/mol. The van der Waals surface area contributed by atoms with Gasteiger partial charge in [0.2, 0.25) is 0 Å². The summed E-state index contributed by atoms with van der Waals surface area (Å²) in [4.78, 5) is 31.1. The van der Waals surface area contributed by atoms with E-state index in [2.05, 4.69) is 16.0 Å². The maximum Gasteiger partial charge on any atom is 0.266 e. The molecule has 2 aromatic carbocycles. The standard InChI is InChI=1S/C21H14N2O2S/c24-18(16-7-9-22-10-8-16)13-20-23-21(25)19(26-20)12-14-5-6-15-3-1-2-4-17(15)11-14/h1-13H,(H,23,25). The minimum Gasteiger partial charge on any atom is -0.313 e. The van der Waals surface area contributed by atoms with Crippen molar-refractivity contribution in [3.8, 4) is 0 Å². The van der Waals surface area contributed by atoms with Crippen LogP contribution in [0.5, 0.6) is 0 Å². The molecule has 0 unspecified atom stereocenters. The highest BCUT2D eigenvalue weighted by atomic mass is 32.1. The van der Waals surface area contributed by atoms with Crippen molar-refractivity contribution < 1.29 is 4.79 Å². The molecule has 0 saturated heterocycles. The highest BCUT2D eigenvalue weighted by Gasteiger charge is 2.03. The Balaban J connectivity index is 1.74. The molecule has 0 aliphatic carbocycles. The van der Waals surface area contributed by atoms with E-state index < -0.39 is 0 Å². The topological polar surface area (TPSA) is 62.8 Å². The largest absolute Gasteiger partial charge is 0.313 e. The molecule has 0 radical (unpaired) electrons. The lowest BCUT2D eigenvalue weighted by Gasteiger charge is -1.98. The Kier molecular flexibility index (Phi) is 4.29. The van der Waals surface area contributed by atoms with E-state index in [0.717, 1.165) is 16.3 Å². The van der Waals surface area contributed by atoms with Crippen LogP contribution in [0.3, 0.4) is 0 Å². The van der Waals surface area contributed by atoms with Crippen molar-refractivity contribution in [2.75, 3.05) is 0 Å². The molecule has 0 saturated carbocycles. The first-order valence-electron chi connectivity index (χ1n) is 8.05. The Morgan fingerprint density at radius 3 is 2.58 bits per heavy atom. The van der Waals surface area contributed by atoms with Crippen LogP contribution in [0.15, 0.2) is 71.8 Å². The van der Waals surface area contributed by atoms with Crippen LogP contribution in [0.25, 0.3) is 22.9 Å². The molecular weight excluding hydrogens is 344 g/mol. The van der Waals surface area contributed by atoms with Gasteiger partial charge in [-0.25, -0.2) is 0 Å². The Bertz CT molecular complexity index is 1270. The summed E-state index contributed by atoms with van der Waals surface area (Å²) in [5.74, 6) is -0.165. The van der Waals surface area contributed by atoms with Gasteiger partial charge in [0.05, 0.1) is 9.20 Å². The number of Topliss-reactive ketones (excluding diaryl/α,β-unsaturated/α-hetero) is 1. The van der Waals surface area contributed by atoms with E-state index in [0.29, 0.717) is 14.8 Å². The van der Waals surface area contributed by atoms with Crippen LogP contribution >= 0.6 is 11.3 Å². The van der Waals surface area contributed by atoms with Gasteiger partial charge in [-0.1, -0.05) is 36.4 Å². The summed E-state index contributed by atoms with van der Waals surface area (Å²) < 4.78 is 1.10. The fraction of sp³-hybridized carbons (Fsp3) is 0. The SMILES string of the molecule is O=C(C=c1[nH]c(=O)c(=Cc2ccc3ccccc3c2)s1)c1ccncc1. The van der Waals surface area contributed by atoms with Crippen molar-refractivity contribution in [3.63, 3.8) is 0 Å². The summed E-state index contributed by atoms with van der Waals surface area (Å²) in [5, 5.41) is 2.27. The number of aromatic amines is 1. The number of fused-ring (bicyclic) bond motifs is 1. The second-order valence-corrected chi connectivity index (χ2v) is 6.86. The van der Waals surface area contributed by atoms with Crippen LogP contribution in [0.4, 0.5) is 0 Å². The fourth-order valence-corrected chi connectivity index (χ4v) is 3.58. The van der Waals surface area contributed by atoms with Gasteiger partial charge in [0, 0.05) is 24.0 Å². The second kappa shape index (κ2) is 6.90. The number of aromatic nitrogens is 2. The maximum atomic E-state index is 12.2. The second-order valence-electron chi connectivity index (χ2n) is 5.78. The third kappa shape index (κ3) is 3.38. The number of nitrogens with zero attached hydrogens (tertiary/aromatic N) is 1. The van der Waals surface area contributed by atoms with E-state index in [9.17, 15) is 9.59 Å². The number of ketones is 1. The fourth-order valence-electron chi connectivity index (χ4n) is 2.69. The summed E-state index contributed by atoms with van der Waals surface area (Å²) in [5.41, 5.74) is 1.29. The number of carbonyl (C=O) groups excluding carboxylic acids is 1. The predicted molar refractivity (Wildman–Crippen MR) is 105 cm³/mol. The van der Waals surface area contributed by atoms with E-state index in [1.807, 2.05) is 42.5 Å². The minimum absolute atomic E-state index is 0.165. The van der Waals surface area contributed by atoms with Gasteiger partial charge in [-0.3, -0.25) is 14.6 Å². The van der Waals surface area contributed by atoms with E-state index in [1.54, 1.807) is 24.5 Å². The molecule has 0 spiro atoms. The summed E-state index contributed by atoms with van der Waals surface area (Å²) >= 11 is 1.27. The van der Waals surface area contributed by atoms with Crippen molar-refractivity contribution in [3.05, 3.63) is 97.7 Å². The van der Waals surface area contributed by atoms with Crippen molar-refractivity contribution in [1.29, 1.82) is 0 Å². The predicted octanol–water partition coefficient (Wildman–Crippen LogP) is 2.48. The summed E-state index contributed by atoms with van der Waals surface area (Å²) in [6.07, 6.45) is 6.41. The zero-order valence-corrected chi connectivity index (χ0v) is 14.5. The molecule has 0 fully saturated rings. The quantitative estimate of drug-likeness (QED) is 0.572. The molecule has 1 N–H and O–H groups in total. The number of hydrogen-bond donors (Lipinski definition) is 1. The minimum atomic E-state index is -0.197. The van der Waals surface area contributed by atoms with E-state index in [1.165, 1.54) is 17.4 Å². The van der Waals surface area contributed by atoms with Gasteiger partial charge >= 0.3 is 0 Å². The summed E-state index contributed by atoms with van der Waals surface area (Å²) in [6, 6.07) is 17.4. The average Bonchev–Trinajstić information content (AvgIpc) is 3.01. The Morgan fingerprint density at radius 2 is 1.77 bits per heavy atom. The van der Waals surface area contributed by atoms with Crippen LogP contribution in [0, 0.1) is 0 Å².